The van der Waals surface area contributed by atoms with Gasteiger partial charge in [0.15, 0.2) is 0 Å². The quantitative estimate of drug-likeness (QED) is 0.321. The molecule has 0 radical (unpaired) electrons. The van der Waals surface area contributed by atoms with Crippen LogP contribution in [-0.4, -0.2) is 5.38 Å². The zero-order valence-electron chi connectivity index (χ0n) is 23.0. The van der Waals surface area contributed by atoms with Gasteiger partial charge in [0, 0.05) is 5.38 Å². The molecule has 0 aromatic rings. The maximum Gasteiger partial charge on any atom is 0.0338 e. The number of alkyl halides is 1. The summed E-state index contributed by atoms with van der Waals surface area (Å²) in [6, 6.07) is 0. The SMILES string of the molecule is CCCC(C(C)Cl)C1CC2C(CCC(C(C(C)C)C(C)C(C)C(C)(C)C)C2C)CC1C. The summed E-state index contributed by atoms with van der Waals surface area (Å²) >= 11 is 6.77. The van der Waals surface area contributed by atoms with E-state index in [-0.39, 0.29) is 0 Å². The molecule has 0 saturated heterocycles. The number of fused-ring (bicyclic) bond motifs is 1. The lowest BCUT2D eigenvalue weighted by Crippen LogP contribution is -2.47. The molecule has 0 nitrogen and oxygen atoms in total. The normalized spacial score (nSPS) is 37.1. The van der Waals surface area contributed by atoms with Gasteiger partial charge in [-0.1, -0.05) is 75.7 Å². The van der Waals surface area contributed by atoms with Gasteiger partial charge in [-0.3, -0.25) is 0 Å². The number of rotatable bonds is 8. The van der Waals surface area contributed by atoms with Crippen molar-refractivity contribution in [2.75, 3.05) is 0 Å². The van der Waals surface area contributed by atoms with Crippen molar-refractivity contribution in [1.29, 1.82) is 0 Å². The molecule has 0 heterocycles. The van der Waals surface area contributed by atoms with Crippen LogP contribution in [-0.2, 0) is 0 Å². The third kappa shape index (κ3) is 6.25. The monoisotopic (exact) mass is 452 g/mol. The lowest BCUT2D eigenvalue weighted by atomic mass is 9.51. The first-order valence-electron chi connectivity index (χ1n) is 13.9. The molecule has 1 heteroatoms. The average Bonchev–Trinajstić information content (AvgIpc) is 2.66. The smallest absolute Gasteiger partial charge is 0.0338 e. The van der Waals surface area contributed by atoms with Gasteiger partial charge in [-0.25, -0.2) is 0 Å². The highest BCUT2D eigenvalue weighted by molar-refractivity contribution is 6.20. The van der Waals surface area contributed by atoms with Crippen molar-refractivity contribution in [2.45, 2.75) is 120 Å². The Kier molecular flexibility index (Phi) is 9.90. The molecule has 2 aliphatic rings. The van der Waals surface area contributed by atoms with Crippen LogP contribution in [0.1, 0.15) is 115 Å². The van der Waals surface area contributed by atoms with E-state index in [4.69, 9.17) is 11.6 Å². The first-order valence-corrected chi connectivity index (χ1v) is 14.4. The predicted octanol–water partition coefficient (Wildman–Crippen LogP) is 9.95. The van der Waals surface area contributed by atoms with Crippen LogP contribution in [0.4, 0.5) is 0 Å². The van der Waals surface area contributed by atoms with Crippen LogP contribution in [0.2, 0.25) is 0 Å². The van der Waals surface area contributed by atoms with E-state index in [2.05, 4.69) is 76.2 Å². The van der Waals surface area contributed by atoms with Crippen LogP contribution in [0.25, 0.3) is 0 Å². The summed E-state index contributed by atoms with van der Waals surface area (Å²) in [7, 11) is 0. The summed E-state index contributed by atoms with van der Waals surface area (Å²) in [5.74, 6) is 9.21. The van der Waals surface area contributed by atoms with Crippen molar-refractivity contribution in [1.82, 2.24) is 0 Å². The van der Waals surface area contributed by atoms with Crippen molar-refractivity contribution < 1.29 is 0 Å². The second kappa shape index (κ2) is 11.1. The third-order valence-electron chi connectivity index (χ3n) is 10.6. The molecule has 0 bridgehead atoms. The molecule has 2 saturated carbocycles. The summed E-state index contributed by atoms with van der Waals surface area (Å²) < 4.78 is 0. The van der Waals surface area contributed by atoms with E-state index < -0.39 is 0 Å². The Bertz CT molecular complexity index is 529. The van der Waals surface area contributed by atoms with Crippen LogP contribution in [0.15, 0.2) is 0 Å². The molecule has 2 rings (SSSR count). The van der Waals surface area contributed by atoms with Crippen molar-refractivity contribution in [3.63, 3.8) is 0 Å². The zero-order valence-corrected chi connectivity index (χ0v) is 23.8. The molecule has 0 aliphatic heterocycles. The summed E-state index contributed by atoms with van der Waals surface area (Å²) in [5.41, 5.74) is 0.391. The minimum absolute atomic E-state index is 0.315. The van der Waals surface area contributed by atoms with Crippen LogP contribution < -0.4 is 0 Å². The van der Waals surface area contributed by atoms with E-state index in [1.807, 2.05) is 0 Å². The topological polar surface area (TPSA) is 0 Å². The number of halogens is 1. The van der Waals surface area contributed by atoms with Crippen molar-refractivity contribution in [3.05, 3.63) is 0 Å². The molecular formula is C30H57Cl. The first kappa shape index (κ1) is 27.5. The fourth-order valence-corrected chi connectivity index (χ4v) is 8.71. The average molecular weight is 453 g/mol. The largest absolute Gasteiger partial charge is 0.123 e. The van der Waals surface area contributed by atoms with Gasteiger partial charge in [0.2, 0.25) is 0 Å². The second-order valence-corrected chi connectivity index (χ2v) is 14.3. The molecule has 0 spiro atoms. The fraction of sp³-hybridized carbons (Fsp3) is 1.00. The van der Waals surface area contributed by atoms with E-state index in [0.29, 0.717) is 16.7 Å². The second-order valence-electron chi connectivity index (χ2n) is 13.6. The minimum atomic E-state index is 0.315. The molecular weight excluding hydrogens is 396 g/mol. The van der Waals surface area contributed by atoms with Gasteiger partial charge in [0.05, 0.1) is 0 Å². The Morgan fingerprint density at radius 3 is 2.00 bits per heavy atom. The van der Waals surface area contributed by atoms with E-state index in [9.17, 15) is 0 Å². The molecule has 0 aromatic heterocycles. The van der Waals surface area contributed by atoms with E-state index in [0.717, 1.165) is 59.2 Å². The molecule has 31 heavy (non-hydrogen) atoms. The lowest BCUT2D eigenvalue weighted by Gasteiger charge is -2.54. The maximum atomic E-state index is 6.77. The molecule has 2 fully saturated rings. The highest BCUT2D eigenvalue weighted by atomic mass is 35.5. The van der Waals surface area contributed by atoms with Crippen LogP contribution in [0, 0.1) is 70.5 Å². The highest BCUT2D eigenvalue weighted by Crippen LogP contribution is 2.56. The van der Waals surface area contributed by atoms with Crippen molar-refractivity contribution in [2.24, 2.45) is 70.5 Å². The Labute approximate surface area is 202 Å². The third-order valence-corrected chi connectivity index (χ3v) is 10.9. The summed E-state index contributed by atoms with van der Waals surface area (Å²) in [6.07, 6.45) is 8.42. The van der Waals surface area contributed by atoms with Gasteiger partial charge in [-0.15, -0.1) is 11.6 Å². The van der Waals surface area contributed by atoms with Gasteiger partial charge in [0.25, 0.3) is 0 Å². The molecule has 0 N–H and O–H groups in total. The molecule has 184 valence electrons. The van der Waals surface area contributed by atoms with E-state index in [1.165, 1.54) is 38.5 Å². The molecule has 0 aromatic carbocycles. The molecule has 11 unspecified atom stereocenters. The standard InChI is InChI=1S/C30H57Cl/c1-12-13-26(23(8)31)27-17-28-21(6)25(15-14-24(28)16-19(27)4)29(18(2)3)20(5)22(7)30(9,10)11/h18-29H,12-17H2,1-11H3. The molecule has 11 atom stereocenters. The van der Waals surface area contributed by atoms with Crippen molar-refractivity contribution in [3.8, 4) is 0 Å². The Hall–Kier alpha value is 0.290. The fourth-order valence-electron chi connectivity index (χ4n) is 8.40. The first-order chi connectivity index (χ1) is 14.3. The Morgan fingerprint density at radius 1 is 0.903 bits per heavy atom. The van der Waals surface area contributed by atoms with Gasteiger partial charge in [-0.05, 0) is 110 Å². The highest BCUT2D eigenvalue weighted by Gasteiger charge is 2.48. The number of hydrogen-bond donors (Lipinski definition) is 0. The summed E-state index contributed by atoms with van der Waals surface area (Å²) in [4.78, 5) is 0. The van der Waals surface area contributed by atoms with Crippen LogP contribution in [0.5, 0.6) is 0 Å². The summed E-state index contributed by atoms with van der Waals surface area (Å²) in [5, 5.41) is 0.315. The Morgan fingerprint density at radius 2 is 1.52 bits per heavy atom. The minimum Gasteiger partial charge on any atom is -0.123 e. The van der Waals surface area contributed by atoms with Gasteiger partial charge in [0.1, 0.15) is 0 Å². The van der Waals surface area contributed by atoms with Gasteiger partial charge >= 0.3 is 0 Å². The van der Waals surface area contributed by atoms with Crippen LogP contribution in [0.3, 0.4) is 0 Å². The predicted molar refractivity (Wildman–Crippen MR) is 141 cm³/mol. The van der Waals surface area contributed by atoms with Crippen LogP contribution >= 0.6 is 11.6 Å². The molecule has 0 amide bonds. The lowest BCUT2D eigenvalue weighted by molar-refractivity contribution is -0.0453. The van der Waals surface area contributed by atoms with E-state index in [1.54, 1.807) is 0 Å². The van der Waals surface area contributed by atoms with Gasteiger partial charge in [-0.2, -0.15) is 0 Å². The van der Waals surface area contributed by atoms with Crippen molar-refractivity contribution >= 4 is 11.6 Å². The summed E-state index contributed by atoms with van der Waals surface area (Å²) in [6.45, 7) is 27.2. The zero-order chi connectivity index (χ0) is 23.7. The number of hydrogen-bond acceptors (Lipinski definition) is 0. The Balaban J connectivity index is 2.25. The maximum absolute atomic E-state index is 6.77. The molecule has 2 aliphatic carbocycles. The van der Waals surface area contributed by atoms with Gasteiger partial charge < -0.3 is 0 Å². The van der Waals surface area contributed by atoms with E-state index >= 15 is 0 Å².